The van der Waals surface area contributed by atoms with Gasteiger partial charge in [-0.15, -0.1) is 0 Å². The average molecular weight is 468 g/mol. The Balaban J connectivity index is 1.71. The Morgan fingerprint density at radius 3 is 2.82 bits per heavy atom. The third kappa shape index (κ3) is 4.35. The van der Waals surface area contributed by atoms with E-state index in [0.717, 1.165) is 19.4 Å². The number of anilines is 1. The van der Waals surface area contributed by atoms with Crippen molar-refractivity contribution in [1.29, 1.82) is 5.41 Å². The number of halogens is 3. The van der Waals surface area contributed by atoms with Crippen LogP contribution in [0.15, 0.2) is 42.1 Å². The van der Waals surface area contributed by atoms with Gasteiger partial charge < -0.3 is 21.2 Å². The quantitative estimate of drug-likeness (QED) is 0.481. The molecular weight excluding hydrogens is 445 g/mol. The fourth-order valence-corrected chi connectivity index (χ4v) is 4.00. The number of nitrogens with zero attached hydrogens (tertiary/aromatic N) is 3. The number of fused-ring (bicyclic) bond motifs is 5. The van der Waals surface area contributed by atoms with Gasteiger partial charge in [-0.1, -0.05) is 0 Å². The molecule has 1 aliphatic carbocycles. The van der Waals surface area contributed by atoms with E-state index < -0.39 is 17.9 Å². The van der Waals surface area contributed by atoms with Crippen molar-refractivity contribution in [2.75, 3.05) is 12.3 Å². The van der Waals surface area contributed by atoms with E-state index in [-0.39, 0.29) is 18.8 Å². The summed E-state index contributed by atoms with van der Waals surface area (Å²) in [6.07, 6.45) is 2.41. The van der Waals surface area contributed by atoms with Crippen molar-refractivity contribution in [2.45, 2.75) is 32.3 Å². The molecule has 10 heteroatoms. The summed E-state index contributed by atoms with van der Waals surface area (Å²) in [5.74, 6) is 0.522. The first kappa shape index (κ1) is 22.0. The smallest absolute Gasteiger partial charge is 0.282 e. The number of aromatic nitrogens is 3. The highest BCUT2D eigenvalue weighted by Gasteiger charge is 2.24. The number of nitrogens with two attached hydrogens (primary N) is 1. The van der Waals surface area contributed by atoms with Crippen molar-refractivity contribution in [3.63, 3.8) is 0 Å². The summed E-state index contributed by atoms with van der Waals surface area (Å²) in [5.41, 5.74) is 8.76. The Labute approximate surface area is 194 Å². The lowest BCUT2D eigenvalue weighted by Crippen LogP contribution is -2.20. The van der Waals surface area contributed by atoms with Crippen molar-refractivity contribution in [3.05, 3.63) is 70.4 Å². The Morgan fingerprint density at radius 1 is 1.26 bits per heavy atom. The minimum atomic E-state index is -2.78. The lowest BCUT2D eigenvalue weighted by Gasteiger charge is -2.20. The van der Waals surface area contributed by atoms with Crippen LogP contribution in [0, 0.1) is 17.1 Å². The maximum atomic E-state index is 14.1. The monoisotopic (exact) mass is 468 g/mol. The van der Waals surface area contributed by atoms with E-state index in [0.29, 0.717) is 45.4 Å². The number of benzene rings is 1. The molecule has 0 unspecified atom stereocenters. The molecule has 7 nitrogen and oxygen atoms in total. The zero-order valence-corrected chi connectivity index (χ0v) is 18.2. The maximum Gasteiger partial charge on any atom is 0.282 e. The molecule has 0 spiro atoms. The lowest BCUT2D eigenvalue weighted by atomic mass is 10.0. The van der Waals surface area contributed by atoms with E-state index in [9.17, 15) is 13.2 Å². The van der Waals surface area contributed by atoms with Gasteiger partial charge in [-0.2, -0.15) is 5.10 Å². The molecule has 1 aliphatic heterocycles. The number of hydrogen-bond acceptors (Lipinski definition) is 6. The minimum absolute atomic E-state index is 0.0717. The van der Waals surface area contributed by atoms with Crippen LogP contribution in [0.25, 0.3) is 11.4 Å². The molecule has 2 bridgehead atoms. The Kier molecular flexibility index (Phi) is 5.72. The second-order valence-electron chi connectivity index (χ2n) is 8.49. The lowest BCUT2D eigenvalue weighted by molar-refractivity contribution is 0.145. The normalized spacial score (nSPS) is 17.8. The SMILES string of the molecule is N=C/C1=C(\NCC2CC2)c2cnc(N)c(c2)OCc2cc(F)ccc2-n2nc(C(F)F)cc2C1. The van der Waals surface area contributed by atoms with Crippen LogP contribution in [0.3, 0.4) is 0 Å². The van der Waals surface area contributed by atoms with E-state index in [1.807, 2.05) is 0 Å². The Morgan fingerprint density at radius 2 is 2.09 bits per heavy atom. The van der Waals surface area contributed by atoms with E-state index in [2.05, 4.69) is 15.4 Å². The summed E-state index contributed by atoms with van der Waals surface area (Å²) in [4.78, 5) is 4.25. The van der Waals surface area contributed by atoms with Crippen LogP contribution in [0.5, 0.6) is 5.75 Å². The first-order valence-corrected chi connectivity index (χ1v) is 10.9. The van der Waals surface area contributed by atoms with Crippen LogP contribution in [-0.4, -0.2) is 27.5 Å². The molecule has 2 aliphatic rings. The molecule has 3 aromatic rings. The second kappa shape index (κ2) is 8.85. The molecule has 0 radical (unpaired) electrons. The predicted octanol–water partition coefficient (Wildman–Crippen LogP) is 4.42. The molecule has 0 saturated heterocycles. The number of ether oxygens (including phenoxy) is 1. The second-order valence-corrected chi connectivity index (χ2v) is 8.49. The Hall–Kier alpha value is -3.82. The summed E-state index contributed by atoms with van der Waals surface area (Å²) in [6.45, 7) is 0.647. The zero-order chi connectivity index (χ0) is 23.8. The summed E-state index contributed by atoms with van der Waals surface area (Å²) in [7, 11) is 0. The van der Waals surface area contributed by atoms with Gasteiger partial charge in [0.1, 0.15) is 18.1 Å². The summed E-state index contributed by atoms with van der Waals surface area (Å²) >= 11 is 0. The average Bonchev–Trinajstić information content (AvgIpc) is 3.55. The highest BCUT2D eigenvalue weighted by molar-refractivity contribution is 5.89. The van der Waals surface area contributed by atoms with Crippen molar-refractivity contribution >= 4 is 17.7 Å². The summed E-state index contributed by atoms with van der Waals surface area (Å²) in [6, 6.07) is 7.04. The van der Waals surface area contributed by atoms with Gasteiger partial charge in [-0.05, 0) is 54.7 Å². The topological polar surface area (TPSA) is 102 Å². The number of allylic oxidation sites excluding steroid dienone is 1. The van der Waals surface area contributed by atoms with Gasteiger partial charge in [0.2, 0.25) is 0 Å². The summed E-state index contributed by atoms with van der Waals surface area (Å²) < 4.78 is 48.6. The minimum Gasteiger partial charge on any atom is -0.485 e. The maximum absolute atomic E-state index is 14.1. The van der Waals surface area contributed by atoms with Crippen LogP contribution in [0.1, 0.15) is 41.8 Å². The van der Waals surface area contributed by atoms with E-state index in [1.54, 1.807) is 12.3 Å². The number of hydrogen-bond donors (Lipinski definition) is 3. The molecule has 0 amide bonds. The number of alkyl halides is 2. The standard InChI is InChI=1S/C24H23F3N6O/c25-17-3-4-20-16(5-17)12-34-21-7-15(11-31-24(21)29)22(30-10-13-1-2-13)14(9-28)6-18-8-19(23(26)27)32-33(18)20/h3-5,7-9,11,13,23,28,30H,1-2,6,10,12H2,(H2,29,31)/b22-14-,28-9?. The van der Waals surface area contributed by atoms with Gasteiger partial charge in [0.15, 0.2) is 11.6 Å². The molecule has 1 aromatic carbocycles. The predicted molar refractivity (Wildman–Crippen MR) is 122 cm³/mol. The van der Waals surface area contributed by atoms with Crippen LogP contribution in [0.4, 0.5) is 19.0 Å². The summed E-state index contributed by atoms with van der Waals surface area (Å²) in [5, 5.41) is 15.6. The van der Waals surface area contributed by atoms with Crippen LogP contribution < -0.4 is 15.8 Å². The van der Waals surface area contributed by atoms with Gasteiger partial charge in [-0.25, -0.2) is 22.8 Å². The van der Waals surface area contributed by atoms with E-state index in [1.165, 1.54) is 35.2 Å². The third-order valence-electron chi connectivity index (χ3n) is 5.98. The van der Waals surface area contributed by atoms with Gasteiger partial charge in [0.05, 0.1) is 5.69 Å². The molecule has 4 N–H and O–H groups in total. The fourth-order valence-electron chi connectivity index (χ4n) is 4.00. The first-order chi connectivity index (χ1) is 16.4. The van der Waals surface area contributed by atoms with Crippen molar-refractivity contribution < 1.29 is 17.9 Å². The van der Waals surface area contributed by atoms with Crippen LogP contribution >= 0.6 is 0 Å². The van der Waals surface area contributed by atoms with Gasteiger partial charge in [0.25, 0.3) is 6.43 Å². The fraction of sp³-hybridized carbons (Fsp3) is 0.292. The molecule has 34 heavy (non-hydrogen) atoms. The molecule has 1 fully saturated rings. The molecule has 5 rings (SSSR count). The van der Waals surface area contributed by atoms with E-state index in [4.69, 9.17) is 15.9 Å². The molecule has 1 saturated carbocycles. The molecule has 176 valence electrons. The number of pyridine rings is 1. The highest BCUT2D eigenvalue weighted by atomic mass is 19.3. The first-order valence-electron chi connectivity index (χ1n) is 10.9. The largest absolute Gasteiger partial charge is 0.485 e. The Bertz CT molecular complexity index is 1280. The van der Waals surface area contributed by atoms with Crippen molar-refractivity contribution in [2.24, 2.45) is 5.92 Å². The molecular formula is C24H23F3N6O. The van der Waals surface area contributed by atoms with Crippen molar-refractivity contribution in [3.8, 4) is 11.4 Å². The zero-order valence-electron chi connectivity index (χ0n) is 18.2. The highest BCUT2D eigenvalue weighted by Crippen LogP contribution is 2.32. The third-order valence-corrected chi connectivity index (χ3v) is 5.98. The number of nitrogen functional groups attached to an aromatic ring is 1. The van der Waals surface area contributed by atoms with Gasteiger partial charge in [-0.3, -0.25) is 0 Å². The van der Waals surface area contributed by atoms with Crippen LogP contribution in [-0.2, 0) is 13.0 Å². The van der Waals surface area contributed by atoms with Gasteiger partial charge in [0, 0.05) is 47.9 Å². The van der Waals surface area contributed by atoms with E-state index >= 15 is 0 Å². The molecule has 0 atom stereocenters. The number of rotatable bonds is 5. The van der Waals surface area contributed by atoms with Crippen molar-refractivity contribution in [1.82, 2.24) is 20.1 Å². The van der Waals surface area contributed by atoms with Gasteiger partial charge >= 0.3 is 0 Å². The molecule has 2 aromatic heterocycles. The van der Waals surface area contributed by atoms with Crippen LogP contribution in [0.2, 0.25) is 0 Å². The number of nitrogens with one attached hydrogen (secondary N) is 2. The molecule has 3 heterocycles.